The van der Waals surface area contributed by atoms with E-state index in [4.69, 9.17) is 0 Å². The van der Waals surface area contributed by atoms with E-state index in [1.807, 2.05) is 11.8 Å². The van der Waals surface area contributed by atoms with Gasteiger partial charge in [-0.2, -0.15) is 11.8 Å². The summed E-state index contributed by atoms with van der Waals surface area (Å²) in [7, 11) is 1.08. The Bertz CT molecular complexity index is 369. The van der Waals surface area contributed by atoms with E-state index in [9.17, 15) is 0 Å². The Hall–Kier alpha value is -0.253. The molecule has 1 atom stereocenters. The van der Waals surface area contributed by atoms with Gasteiger partial charge in [0.2, 0.25) is 0 Å². The lowest BCUT2D eigenvalue weighted by Crippen LogP contribution is -2.37. The van der Waals surface area contributed by atoms with E-state index in [0.29, 0.717) is 6.04 Å². The Labute approximate surface area is 124 Å². The molecule has 0 heterocycles. The second kappa shape index (κ2) is 7.51. The Kier molecular flexibility index (Phi) is 6.64. The van der Waals surface area contributed by atoms with Crippen LogP contribution in [0.25, 0.3) is 0 Å². The fourth-order valence-corrected chi connectivity index (χ4v) is 3.81. The standard InChI is InChI=1S/C16H29NSSi/c1-14(11-12-18-3)17(2)13-15-7-9-16(10-8-15)19(4,5)6/h7-10,14H,11-13H2,1-6H3. The van der Waals surface area contributed by atoms with Crippen molar-refractivity contribution in [2.45, 2.75) is 45.6 Å². The van der Waals surface area contributed by atoms with Crippen LogP contribution in [0.1, 0.15) is 18.9 Å². The summed E-state index contributed by atoms with van der Waals surface area (Å²) in [6.45, 7) is 10.6. The molecule has 108 valence electrons. The highest BCUT2D eigenvalue weighted by molar-refractivity contribution is 7.98. The molecule has 3 heteroatoms. The van der Waals surface area contributed by atoms with Gasteiger partial charge in [0.25, 0.3) is 0 Å². The van der Waals surface area contributed by atoms with Crippen LogP contribution in [0.5, 0.6) is 0 Å². The predicted octanol–water partition coefficient (Wildman–Crippen LogP) is 3.81. The molecule has 1 aromatic rings. The van der Waals surface area contributed by atoms with Crippen molar-refractivity contribution in [3.05, 3.63) is 29.8 Å². The van der Waals surface area contributed by atoms with E-state index < -0.39 is 8.07 Å². The zero-order valence-electron chi connectivity index (χ0n) is 13.4. The molecule has 1 unspecified atom stereocenters. The van der Waals surface area contributed by atoms with Crippen LogP contribution in [0.4, 0.5) is 0 Å². The summed E-state index contributed by atoms with van der Waals surface area (Å²) in [4.78, 5) is 2.46. The van der Waals surface area contributed by atoms with Crippen molar-refractivity contribution < 1.29 is 0 Å². The first-order valence-corrected chi connectivity index (χ1v) is 12.0. The molecule has 0 N–H and O–H groups in total. The van der Waals surface area contributed by atoms with Gasteiger partial charge in [0, 0.05) is 12.6 Å². The molecule has 0 aliphatic carbocycles. The van der Waals surface area contributed by atoms with Crippen molar-refractivity contribution in [1.82, 2.24) is 4.90 Å². The van der Waals surface area contributed by atoms with Crippen LogP contribution in [0, 0.1) is 0 Å². The average Bonchev–Trinajstić information content (AvgIpc) is 2.35. The summed E-state index contributed by atoms with van der Waals surface area (Å²) in [5.41, 5.74) is 1.43. The van der Waals surface area contributed by atoms with E-state index in [-0.39, 0.29) is 0 Å². The van der Waals surface area contributed by atoms with Gasteiger partial charge in [-0.05, 0) is 38.0 Å². The third kappa shape index (κ3) is 5.72. The summed E-state index contributed by atoms with van der Waals surface area (Å²) >= 11 is 1.94. The maximum atomic E-state index is 2.46. The topological polar surface area (TPSA) is 3.24 Å². The maximum absolute atomic E-state index is 2.46. The molecular weight excluding hydrogens is 266 g/mol. The van der Waals surface area contributed by atoms with Gasteiger partial charge in [0.05, 0.1) is 8.07 Å². The van der Waals surface area contributed by atoms with Crippen molar-refractivity contribution in [2.24, 2.45) is 0 Å². The molecule has 0 aromatic heterocycles. The van der Waals surface area contributed by atoms with E-state index in [2.05, 4.69) is 69.0 Å². The Morgan fingerprint density at radius 1 is 1.16 bits per heavy atom. The monoisotopic (exact) mass is 295 g/mol. The van der Waals surface area contributed by atoms with Crippen molar-refractivity contribution in [3.8, 4) is 0 Å². The van der Waals surface area contributed by atoms with Crippen LogP contribution in [0.2, 0.25) is 19.6 Å². The molecule has 0 radical (unpaired) electrons. The number of nitrogens with zero attached hydrogens (tertiary/aromatic N) is 1. The Balaban J connectivity index is 2.58. The van der Waals surface area contributed by atoms with Gasteiger partial charge in [-0.3, -0.25) is 4.90 Å². The lowest BCUT2D eigenvalue weighted by molar-refractivity contribution is 0.245. The van der Waals surface area contributed by atoms with E-state index in [1.54, 1.807) is 5.19 Å². The fraction of sp³-hybridized carbons (Fsp3) is 0.625. The van der Waals surface area contributed by atoms with Gasteiger partial charge < -0.3 is 0 Å². The first-order valence-electron chi connectivity index (χ1n) is 7.13. The molecule has 0 amide bonds. The first kappa shape index (κ1) is 16.8. The molecule has 0 fully saturated rings. The molecule has 1 rings (SSSR count). The lowest BCUT2D eigenvalue weighted by atomic mass is 10.1. The summed E-state index contributed by atoms with van der Waals surface area (Å²) in [6.07, 6.45) is 3.45. The number of hydrogen-bond donors (Lipinski definition) is 0. The van der Waals surface area contributed by atoms with Crippen LogP contribution in [0.15, 0.2) is 24.3 Å². The highest BCUT2D eigenvalue weighted by atomic mass is 32.2. The Morgan fingerprint density at radius 3 is 2.21 bits per heavy atom. The number of benzene rings is 1. The second-order valence-corrected chi connectivity index (χ2v) is 12.6. The molecule has 0 aliphatic heterocycles. The van der Waals surface area contributed by atoms with Gasteiger partial charge in [0.15, 0.2) is 0 Å². The molecular formula is C16H29NSSi. The molecule has 1 aromatic carbocycles. The van der Waals surface area contributed by atoms with Crippen LogP contribution < -0.4 is 5.19 Å². The molecule has 0 bridgehead atoms. The smallest absolute Gasteiger partial charge is 0.0775 e. The largest absolute Gasteiger partial charge is 0.299 e. The SMILES string of the molecule is CSCCC(C)N(C)Cc1ccc([Si](C)(C)C)cc1. The fourth-order valence-electron chi connectivity index (χ4n) is 2.06. The second-order valence-electron chi connectivity index (χ2n) is 6.49. The van der Waals surface area contributed by atoms with Crippen molar-refractivity contribution in [2.75, 3.05) is 19.1 Å². The van der Waals surface area contributed by atoms with Crippen LogP contribution in [-0.4, -0.2) is 38.1 Å². The molecule has 1 nitrogen and oxygen atoms in total. The lowest BCUT2D eigenvalue weighted by Gasteiger charge is -2.25. The Morgan fingerprint density at radius 2 is 1.74 bits per heavy atom. The number of rotatable bonds is 7. The van der Waals surface area contributed by atoms with E-state index >= 15 is 0 Å². The van der Waals surface area contributed by atoms with Crippen molar-refractivity contribution in [3.63, 3.8) is 0 Å². The summed E-state index contributed by atoms with van der Waals surface area (Å²) < 4.78 is 0. The quantitative estimate of drug-likeness (QED) is 0.704. The summed E-state index contributed by atoms with van der Waals surface area (Å²) in [6, 6.07) is 9.95. The number of hydrogen-bond acceptors (Lipinski definition) is 2. The van der Waals surface area contributed by atoms with Crippen LogP contribution in [-0.2, 0) is 6.54 Å². The minimum absolute atomic E-state index is 0.657. The molecule has 0 spiro atoms. The molecule has 0 aliphatic rings. The third-order valence-electron chi connectivity index (χ3n) is 3.74. The maximum Gasteiger partial charge on any atom is 0.0775 e. The zero-order chi connectivity index (χ0) is 14.5. The minimum atomic E-state index is -1.15. The van der Waals surface area contributed by atoms with Gasteiger partial charge in [-0.25, -0.2) is 0 Å². The van der Waals surface area contributed by atoms with Crippen molar-refractivity contribution >= 4 is 25.0 Å². The van der Waals surface area contributed by atoms with E-state index in [1.165, 1.54) is 17.7 Å². The normalized spacial score (nSPS) is 13.8. The van der Waals surface area contributed by atoms with Gasteiger partial charge in [0.1, 0.15) is 0 Å². The molecule has 0 saturated heterocycles. The first-order chi connectivity index (χ1) is 8.84. The van der Waals surface area contributed by atoms with Gasteiger partial charge in [-0.1, -0.05) is 49.1 Å². The third-order valence-corrected chi connectivity index (χ3v) is 6.45. The van der Waals surface area contributed by atoms with Crippen LogP contribution in [0.3, 0.4) is 0 Å². The van der Waals surface area contributed by atoms with Gasteiger partial charge in [-0.15, -0.1) is 0 Å². The predicted molar refractivity (Wildman–Crippen MR) is 93.4 cm³/mol. The summed E-state index contributed by atoms with van der Waals surface area (Å²) in [5.74, 6) is 1.25. The minimum Gasteiger partial charge on any atom is -0.299 e. The zero-order valence-corrected chi connectivity index (χ0v) is 15.2. The number of thioether (sulfide) groups is 1. The van der Waals surface area contributed by atoms with Crippen molar-refractivity contribution in [1.29, 1.82) is 0 Å². The highest BCUT2D eigenvalue weighted by Gasteiger charge is 2.16. The average molecular weight is 296 g/mol. The van der Waals surface area contributed by atoms with Gasteiger partial charge >= 0.3 is 0 Å². The molecule has 0 saturated carbocycles. The van der Waals surface area contributed by atoms with E-state index in [0.717, 1.165) is 6.54 Å². The highest BCUT2D eigenvalue weighted by Crippen LogP contribution is 2.11. The summed E-state index contributed by atoms with van der Waals surface area (Å²) in [5, 5.41) is 1.55. The van der Waals surface area contributed by atoms with Crippen LogP contribution >= 0.6 is 11.8 Å². The molecule has 19 heavy (non-hydrogen) atoms.